The Hall–Kier alpha value is -0.500. The van der Waals surface area contributed by atoms with Crippen LogP contribution in [0.15, 0.2) is 22.7 Å². The Morgan fingerprint density at radius 3 is 2.73 bits per heavy atom. The van der Waals surface area contributed by atoms with E-state index in [1.54, 1.807) is 0 Å². The molecule has 1 aromatic rings. The lowest BCUT2D eigenvalue weighted by molar-refractivity contribution is 0.340. The van der Waals surface area contributed by atoms with Gasteiger partial charge in [0.2, 0.25) is 0 Å². The number of benzene rings is 1. The van der Waals surface area contributed by atoms with E-state index in [-0.39, 0.29) is 0 Å². The molecule has 0 atom stereocenters. The quantitative estimate of drug-likeness (QED) is 0.735. The summed E-state index contributed by atoms with van der Waals surface area (Å²) in [6.07, 6.45) is 0. The highest BCUT2D eigenvalue weighted by Crippen LogP contribution is 2.20. The molecule has 1 aromatic carbocycles. The second-order valence-corrected chi connectivity index (χ2v) is 3.14. The predicted molar refractivity (Wildman–Crippen MR) is 49.8 cm³/mol. The van der Waals surface area contributed by atoms with Crippen molar-refractivity contribution >= 4 is 15.9 Å². The average Bonchev–Trinajstić information content (AvgIpc) is 1.85. The smallest absolute Gasteiger partial charge is 0.120 e. The van der Waals surface area contributed by atoms with Crippen molar-refractivity contribution in [2.45, 2.75) is 6.92 Å². The Kier molecular flexibility index (Phi) is 2.94. The lowest BCUT2D eigenvalue weighted by Crippen LogP contribution is -1.91. The van der Waals surface area contributed by atoms with Gasteiger partial charge in [0.1, 0.15) is 5.75 Å². The zero-order chi connectivity index (χ0) is 8.27. The molecule has 0 aliphatic carbocycles. The molecule has 0 saturated heterocycles. The fraction of sp³-hybridized carbons (Fsp3) is 0.222. The summed E-state index contributed by atoms with van der Waals surface area (Å²) in [5.41, 5.74) is 0.961. The van der Waals surface area contributed by atoms with E-state index in [1.165, 1.54) is 0 Å². The summed E-state index contributed by atoms with van der Waals surface area (Å²) < 4.78 is 6.31. The van der Waals surface area contributed by atoms with Crippen molar-refractivity contribution < 1.29 is 4.74 Å². The van der Waals surface area contributed by atoms with Crippen molar-refractivity contribution in [2.75, 3.05) is 6.61 Å². The van der Waals surface area contributed by atoms with Gasteiger partial charge in [-0.3, -0.25) is 0 Å². The molecule has 0 unspecified atom stereocenters. The molecule has 0 aliphatic rings. The largest absolute Gasteiger partial charge is 0.494 e. The molecule has 59 valence electrons. The van der Waals surface area contributed by atoms with Gasteiger partial charge in [0.25, 0.3) is 0 Å². The van der Waals surface area contributed by atoms with Crippen LogP contribution in [0.4, 0.5) is 0 Å². The molecule has 0 N–H and O–H groups in total. The summed E-state index contributed by atoms with van der Waals surface area (Å²) in [4.78, 5) is 0. The summed E-state index contributed by atoms with van der Waals surface area (Å²) in [6, 6.07) is 5.79. The van der Waals surface area contributed by atoms with E-state index in [2.05, 4.69) is 22.9 Å². The zero-order valence-corrected chi connectivity index (χ0v) is 8.02. The second-order valence-electron chi connectivity index (χ2n) is 2.23. The molecule has 2 heteroatoms. The molecule has 1 nitrogen and oxygen atoms in total. The fourth-order valence-corrected chi connectivity index (χ4v) is 1.39. The lowest BCUT2D eigenvalue weighted by Gasteiger charge is -2.03. The third-order valence-electron chi connectivity index (χ3n) is 1.24. The minimum atomic E-state index is 0.690. The van der Waals surface area contributed by atoms with E-state index in [9.17, 15) is 0 Å². The highest BCUT2D eigenvalue weighted by molar-refractivity contribution is 9.10. The first-order valence-electron chi connectivity index (χ1n) is 3.47. The minimum absolute atomic E-state index is 0.690. The number of hydrogen-bond donors (Lipinski definition) is 0. The van der Waals surface area contributed by atoms with Crippen molar-refractivity contribution in [1.29, 1.82) is 0 Å². The van der Waals surface area contributed by atoms with E-state index >= 15 is 0 Å². The molecule has 0 saturated carbocycles. The molecule has 0 spiro atoms. The van der Waals surface area contributed by atoms with E-state index < -0.39 is 0 Å². The fourth-order valence-electron chi connectivity index (χ4n) is 0.871. The predicted octanol–water partition coefficient (Wildman–Crippen LogP) is 3.03. The van der Waals surface area contributed by atoms with Gasteiger partial charge in [-0.25, -0.2) is 0 Å². The molecule has 0 aromatic heterocycles. The van der Waals surface area contributed by atoms with Crippen LogP contribution in [0.2, 0.25) is 0 Å². The van der Waals surface area contributed by atoms with Crippen molar-refractivity contribution in [3.63, 3.8) is 0 Å². The van der Waals surface area contributed by atoms with Gasteiger partial charge in [-0.1, -0.05) is 15.9 Å². The van der Waals surface area contributed by atoms with Gasteiger partial charge in [-0.2, -0.15) is 0 Å². The van der Waals surface area contributed by atoms with Crippen LogP contribution in [0.25, 0.3) is 0 Å². The summed E-state index contributed by atoms with van der Waals surface area (Å²) in [5, 5.41) is 0. The molecule has 0 amide bonds. The van der Waals surface area contributed by atoms with Gasteiger partial charge in [0.15, 0.2) is 0 Å². The van der Waals surface area contributed by atoms with E-state index in [1.807, 2.05) is 25.1 Å². The lowest BCUT2D eigenvalue weighted by atomic mass is 10.2. The van der Waals surface area contributed by atoms with Crippen molar-refractivity contribution in [3.05, 3.63) is 35.2 Å². The summed E-state index contributed by atoms with van der Waals surface area (Å²) in [7, 11) is 0. The molecule has 0 bridgehead atoms. The Morgan fingerprint density at radius 1 is 1.45 bits per heavy atom. The van der Waals surface area contributed by atoms with E-state index in [0.29, 0.717) is 6.61 Å². The van der Waals surface area contributed by atoms with Crippen LogP contribution in [0.1, 0.15) is 12.5 Å². The van der Waals surface area contributed by atoms with Crippen LogP contribution in [0.5, 0.6) is 5.75 Å². The van der Waals surface area contributed by atoms with Gasteiger partial charge in [0, 0.05) is 4.47 Å². The Labute approximate surface area is 75.5 Å². The number of rotatable bonds is 2. The monoisotopic (exact) mass is 213 g/mol. The highest BCUT2D eigenvalue weighted by Gasteiger charge is 1.95. The molecule has 11 heavy (non-hydrogen) atoms. The van der Waals surface area contributed by atoms with Gasteiger partial charge in [0.05, 0.1) is 6.61 Å². The first-order valence-corrected chi connectivity index (χ1v) is 4.27. The van der Waals surface area contributed by atoms with Gasteiger partial charge in [-0.05, 0) is 37.6 Å². The molecule has 1 rings (SSSR count). The third kappa shape index (κ3) is 2.54. The van der Waals surface area contributed by atoms with Crippen LogP contribution in [0.3, 0.4) is 0 Å². The standard InChI is InChI=1S/C9H10BrO/c1-3-11-9-5-7(2)4-8(10)6-9/h4-6H,2-3H2,1H3. The SMILES string of the molecule is [CH2]c1cc(Br)cc(OCC)c1. The normalized spacial score (nSPS) is 9.73. The molecule has 0 fully saturated rings. The molecule has 1 radical (unpaired) electrons. The number of hydrogen-bond acceptors (Lipinski definition) is 1. The summed E-state index contributed by atoms with van der Waals surface area (Å²) in [5.74, 6) is 0.867. The van der Waals surface area contributed by atoms with Crippen molar-refractivity contribution in [2.24, 2.45) is 0 Å². The minimum Gasteiger partial charge on any atom is -0.494 e. The maximum atomic E-state index is 5.30. The average molecular weight is 214 g/mol. The number of ether oxygens (including phenoxy) is 1. The van der Waals surface area contributed by atoms with Crippen LogP contribution in [0, 0.1) is 6.92 Å². The maximum absolute atomic E-state index is 5.30. The van der Waals surface area contributed by atoms with E-state index in [4.69, 9.17) is 4.74 Å². The van der Waals surface area contributed by atoms with Gasteiger partial charge >= 0.3 is 0 Å². The Bertz CT molecular complexity index is 225. The van der Waals surface area contributed by atoms with Gasteiger partial charge in [-0.15, -0.1) is 0 Å². The number of halogens is 1. The Morgan fingerprint density at radius 2 is 2.18 bits per heavy atom. The first-order chi connectivity index (χ1) is 5.22. The molecule has 0 heterocycles. The van der Waals surface area contributed by atoms with Crippen LogP contribution in [-0.4, -0.2) is 6.61 Å². The molecular formula is C9H10BrO. The summed E-state index contributed by atoms with van der Waals surface area (Å²) in [6.45, 7) is 6.47. The van der Waals surface area contributed by atoms with E-state index in [0.717, 1.165) is 15.8 Å². The van der Waals surface area contributed by atoms with Crippen molar-refractivity contribution in [3.8, 4) is 5.75 Å². The Balaban J connectivity index is 2.89. The topological polar surface area (TPSA) is 9.23 Å². The summed E-state index contributed by atoms with van der Waals surface area (Å²) >= 11 is 3.36. The third-order valence-corrected chi connectivity index (χ3v) is 1.70. The van der Waals surface area contributed by atoms with Crippen LogP contribution >= 0.6 is 15.9 Å². The zero-order valence-electron chi connectivity index (χ0n) is 6.43. The first kappa shape index (κ1) is 8.60. The van der Waals surface area contributed by atoms with Crippen molar-refractivity contribution in [1.82, 2.24) is 0 Å². The van der Waals surface area contributed by atoms with Crippen LogP contribution in [-0.2, 0) is 0 Å². The van der Waals surface area contributed by atoms with Crippen LogP contribution < -0.4 is 4.74 Å². The second kappa shape index (κ2) is 3.77. The van der Waals surface area contributed by atoms with Gasteiger partial charge < -0.3 is 4.74 Å². The molecular weight excluding hydrogens is 204 g/mol. The maximum Gasteiger partial charge on any atom is 0.120 e. The highest BCUT2D eigenvalue weighted by atomic mass is 79.9. The molecule has 0 aliphatic heterocycles.